The summed E-state index contributed by atoms with van der Waals surface area (Å²) in [5.74, 6) is 0. The number of ether oxygens (including phenoxy) is 1. The lowest BCUT2D eigenvalue weighted by atomic mass is 9.77. The average molecular weight is 228 g/mol. The molecule has 0 unspecified atom stereocenters. The average Bonchev–Trinajstić information content (AvgIpc) is 2.24. The van der Waals surface area contributed by atoms with Gasteiger partial charge in [0, 0.05) is 26.7 Å². The molecule has 0 spiro atoms. The SMILES string of the molecule is CCCNCCN(C)CCC1(OC)CCC1. The van der Waals surface area contributed by atoms with Crippen molar-refractivity contribution in [2.75, 3.05) is 40.3 Å². The van der Waals surface area contributed by atoms with Gasteiger partial charge in [-0.05, 0) is 45.7 Å². The van der Waals surface area contributed by atoms with Crippen molar-refractivity contribution in [1.29, 1.82) is 0 Å². The zero-order valence-corrected chi connectivity index (χ0v) is 11.2. The van der Waals surface area contributed by atoms with E-state index in [4.69, 9.17) is 4.74 Å². The Kier molecular flexibility index (Phi) is 6.32. The second-order valence-corrected chi connectivity index (χ2v) is 5.04. The highest BCUT2D eigenvalue weighted by Crippen LogP contribution is 2.37. The van der Waals surface area contributed by atoms with E-state index in [1.807, 2.05) is 7.11 Å². The molecule has 1 fully saturated rings. The number of rotatable bonds is 9. The molecule has 1 aliphatic carbocycles. The molecular formula is C13H28N2O. The molecule has 1 N–H and O–H groups in total. The van der Waals surface area contributed by atoms with Crippen LogP contribution in [0, 0.1) is 0 Å². The predicted molar refractivity (Wildman–Crippen MR) is 68.9 cm³/mol. The zero-order valence-electron chi connectivity index (χ0n) is 11.2. The molecule has 3 nitrogen and oxygen atoms in total. The maximum Gasteiger partial charge on any atom is 0.0691 e. The van der Waals surface area contributed by atoms with Crippen LogP contribution in [0.3, 0.4) is 0 Å². The van der Waals surface area contributed by atoms with E-state index in [2.05, 4.69) is 24.2 Å². The van der Waals surface area contributed by atoms with Gasteiger partial charge in [0.1, 0.15) is 0 Å². The van der Waals surface area contributed by atoms with Crippen molar-refractivity contribution < 1.29 is 4.74 Å². The maximum absolute atomic E-state index is 5.62. The molecular weight excluding hydrogens is 200 g/mol. The van der Waals surface area contributed by atoms with E-state index in [-0.39, 0.29) is 5.60 Å². The first-order valence-corrected chi connectivity index (χ1v) is 6.67. The molecule has 3 heteroatoms. The fourth-order valence-electron chi connectivity index (χ4n) is 2.21. The summed E-state index contributed by atoms with van der Waals surface area (Å²) in [6, 6.07) is 0. The summed E-state index contributed by atoms with van der Waals surface area (Å²) >= 11 is 0. The topological polar surface area (TPSA) is 24.5 Å². The van der Waals surface area contributed by atoms with Crippen LogP contribution in [0.5, 0.6) is 0 Å². The fourth-order valence-corrected chi connectivity index (χ4v) is 2.21. The van der Waals surface area contributed by atoms with Crippen LogP contribution < -0.4 is 5.32 Å². The third-order valence-corrected chi connectivity index (χ3v) is 3.74. The van der Waals surface area contributed by atoms with Gasteiger partial charge in [0.05, 0.1) is 5.60 Å². The summed E-state index contributed by atoms with van der Waals surface area (Å²) in [6.07, 6.45) is 6.26. The Labute approximate surface area is 101 Å². The molecule has 0 aliphatic heterocycles. The Morgan fingerprint density at radius 2 is 2.00 bits per heavy atom. The summed E-state index contributed by atoms with van der Waals surface area (Å²) < 4.78 is 5.62. The number of hydrogen-bond donors (Lipinski definition) is 1. The lowest BCUT2D eigenvalue weighted by Crippen LogP contribution is -2.42. The first-order chi connectivity index (χ1) is 7.72. The van der Waals surface area contributed by atoms with Crippen molar-refractivity contribution in [3.05, 3.63) is 0 Å². The van der Waals surface area contributed by atoms with E-state index in [0.29, 0.717) is 0 Å². The molecule has 0 aromatic heterocycles. The Hall–Kier alpha value is -0.120. The van der Waals surface area contributed by atoms with Crippen molar-refractivity contribution in [3.8, 4) is 0 Å². The fraction of sp³-hybridized carbons (Fsp3) is 1.00. The van der Waals surface area contributed by atoms with Crippen molar-refractivity contribution in [2.24, 2.45) is 0 Å². The predicted octanol–water partition coefficient (Wildman–Crippen LogP) is 1.88. The van der Waals surface area contributed by atoms with Crippen LogP contribution in [-0.2, 0) is 4.74 Å². The van der Waals surface area contributed by atoms with Gasteiger partial charge in [-0.15, -0.1) is 0 Å². The Morgan fingerprint density at radius 3 is 2.50 bits per heavy atom. The van der Waals surface area contributed by atoms with Gasteiger partial charge in [-0.3, -0.25) is 0 Å². The van der Waals surface area contributed by atoms with Gasteiger partial charge in [-0.1, -0.05) is 6.92 Å². The summed E-state index contributed by atoms with van der Waals surface area (Å²) in [5, 5.41) is 3.43. The highest BCUT2D eigenvalue weighted by atomic mass is 16.5. The minimum absolute atomic E-state index is 0.227. The van der Waals surface area contributed by atoms with Crippen LogP contribution >= 0.6 is 0 Å². The largest absolute Gasteiger partial charge is 0.378 e. The van der Waals surface area contributed by atoms with Crippen LogP contribution in [0.1, 0.15) is 39.0 Å². The third-order valence-electron chi connectivity index (χ3n) is 3.74. The number of nitrogens with one attached hydrogen (secondary N) is 1. The van der Waals surface area contributed by atoms with Gasteiger partial charge >= 0.3 is 0 Å². The lowest BCUT2D eigenvalue weighted by molar-refractivity contribution is -0.0810. The molecule has 1 rings (SSSR count). The molecule has 0 heterocycles. The van der Waals surface area contributed by atoms with Crippen LogP contribution in [0.15, 0.2) is 0 Å². The molecule has 0 bridgehead atoms. The Balaban J connectivity index is 2.03. The summed E-state index contributed by atoms with van der Waals surface area (Å²) in [6.45, 7) is 6.73. The number of methoxy groups -OCH3 is 1. The van der Waals surface area contributed by atoms with Gasteiger partial charge in [0.15, 0.2) is 0 Å². The van der Waals surface area contributed by atoms with Crippen molar-refractivity contribution >= 4 is 0 Å². The minimum Gasteiger partial charge on any atom is -0.378 e. The second kappa shape index (κ2) is 7.25. The number of nitrogens with zero attached hydrogens (tertiary/aromatic N) is 1. The standard InChI is InChI=1S/C13H28N2O/c1-4-9-14-10-12-15(2)11-8-13(16-3)6-5-7-13/h14H,4-12H2,1-3H3. The van der Waals surface area contributed by atoms with Crippen molar-refractivity contribution in [1.82, 2.24) is 10.2 Å². The zero-order chi connectivity index (χ0) is 11.9. The molecule has 0 aromatic carbocycles. The smallest absolute Gasteiger partial charge is 0.0691 e. The highest BCUT2D eigenvalue weighted by Gasteiger charge is 2.36. The molecule has 0 atom stereocenters. The maximum atomic E-state index is 5.62. The Bertz CT molecular complexity index is 175. The molecule has 96 valence electrons. The summed E-state index contributed by atoms with van der Waals surface area (Å²) in [5.41, 5.74) is 0.227. The van der Waals surface area contributed by atoms with Crippen molar-refractivity contribution in [2.45, 2.75) is 44.6 Å². The summed E-state index contributed by atoms with van der Waals surface area (Å²) in [4.78, 5) is 2.40. The van der Waals surface area contributed by atoms with Crippen LogP contribution in [0.4, 0.5) is 0 Å². The molecule has 0 saturated heterocycles. The van der Waals surface area contributed by atoms with E-state index in [0.717, 1.165) is 26.2 Å². The van der Waals surface area contributed by atoms with E-state index in [1.54, 1.807) is 0 Å². The minimum atomic E-state index is 0.227. The molecule has 1 saturated carbocycles. The van der Waals surface area contributed by atoms with Crippen LogP contribution in [-0.4, -0.2) is 50.8 Å². The van der Waals surface area contributed by atoms with Crippen LogP contribution in [0.25, 0.3) is 0 Å². The lowest BCUT2D eigenvalue weighted by Gasteiger charge is -2.41. The van der Waals surface area contributed by atoms with E-state index < -0.39 is 0 Å². The van der Waals surface area contributed by atoms with Gasteiger partial charge in [-0.2, -0.15) is 0 Å². The first kappa shape index (κ1) is 13.9. The van der Waals surface area contributed by atoms with Crippen molar-refractivity contribution in [3.63, 3.8) is 0 Å². The monoisotopic (exact) mass is 228 g/mol. The van der Waals surface area contributed by atoms with Gasteiger partial charge in [-0.25, -0.2) is 0 Å². The second-order valence-electron chi connectivity index (χ2n) is 5.04. The molecule has 0 radical (unpaired) electrons. The van der Waals surface area contributed by atoms with Crippen LogP contribution in [0.2, 0.25) is 0 Å². The first-order valence-electron chi connectivity index (χ1n) is 6.67. The van der Waals surface area contributed by atoms with E-state index >= 15 is 0 Å². The quantitative estimate of drug-likeness (QED) is 0.610. The van der Waals surface area contributed by atoms with E-state index in [1.165, 1.54) is 32.1 Å². The molecule has 0 amide bonds. The molecule has 16 heavy (non-hydrogen) atoms. The van der Waals surface area contributed by atoms with E-state index in [9.17, 15) is 0 Å². The van der Waals surface area contributed by atoms with Gasteiger partial charge < -0.3 is 15.0 Å². The third kappa shape index (κ3) is 4.40. The molecule has 0 aromatic rings. The van der Waals surface area contributed by atoms with Gasteiger partial charge in [0.25, 0.3) is 0 Å². The highest BCUT2D eigenvalue weighted by molar-refractivity contribution is 4.89. The Morgan fingerprint density at radius 1 is 1.25 bits per heavy atom. The summed E-state index contributed by atoms with van der Waals surface area (Å²) in [7, 11) is 4.07. The molecule has 1 aliphatic rings. The van der Waals surface area contributed by atoms with Gasteiger partial charge in [0.2, 0.25) is 0 Å². The number of hydrogen-bond acceptors (Lipinski definition) is 3. The normalized spacial score (nSPS) is 18.8. The number of likely N-dealkylation sites (N-methyl/N-ethyl adjacent to an activating group) is 1.